The molecule has 1 heteroatoms. The molecule has 7 fully saturated rings. The molecule has 2 heterocycles. The Balaban J connectivity index is 0.0000000991. The lowest BCUT2D eigenvalue weighted by Gasteiger charge is -2.31. The van der Waals surface area contributed by atoms with Crippen molar-refractivity contribution in [3.63, 3.8) is 0 Å². The molecule has 342 valence electrons. The Morgan fingerprint density at radius 1 is 0.274 bits per heavy atom. The third kappa shape index (κ3) is 13.7. The number of hydrogen-bond acceptors (Lipinski definition) is 1. The van der Waals surface area contributed by atoms with E-state index in [0.717, 1.165) is 71.0 Å². The Labute approximate surface area is 382 Å². The smallest absolute Gasteiger partial charge is 0.0765 e. The molecule has 1 saturated heterocycles. The average molecular weight is 841 g/mol. The molecule has 0 N–H and O–H groups in total. The number of allylic oxidation sites excluding steroid dienone is 14. The normalized spacial score (nSPS) is 40.9. The summed E-state index contributed by atoms with van der Waals surface area (Å²) in [5.74, 6) is 12.9. The van der Waals surface area contributed by atoms with Crippen LogP contribution in [0.3, 0.4) is 0 Å². The highest BCUT2D eigenvalue weighted by atomic mass is 16.5. The molecule has 0 aromatic rings. The number of rotatable bonds is 0. The van der Waals surface area contributed by atoms with Crippen LogP contribution in [0.25, 0.3) is 0 Å². The van der Waals surface area contributed by atoms with E-state index < -0.39 is 0 Å². The quantitative estimate of drug-likeness (QED) is 0.174. The van der Waals surface area contributed by atoms with Crippen molar-refractivity contribution in [2.75, 3.05) is 0 Å². The third-order valence-corrected chi connectivity index (χ3v) is 18.0. The molecule has 62 heavy (non-hydrogen) atoms. The summed E-state index contributed by atoms with van der Waals surface area (Å²) >= 11 is 0. The van der Waals surface area contributed by atoms with Gasteiger partial charge in [-0.1, -0.05) is 123 Å². The van der Waals surface area contributed by atoms with Crippen LogP contribution in [0.5, 0.6) is 0 Å². The minimum atomic E-state index is 0.491. The van der Waals surface area contributed by atoms with E-state index in [1.165, 1.54) is 180 Å². The summed E-state index contributed by atoms with van der Waals surface area (Å²) in [6.45, 7) is 0. The molecule has 14 atom stereocenters. The van der Waals surface area contributed by atoms with Crippen LogP contribution in [0, 0.1) is 71.0 Å². The Kier molecular flexibility index (Phi) is 19.1. The minimum absolute atomic E-state index is 0.491. The second kappa shape index (κ2) is 25.5. The van der Waals surface area contributed by atoms with Crippen molar-refractivity contribution in [2.45, 2.75) is 211 Å². The van der Waals surface area contributed by atoms with Crippen molar-refractivity contribution in [1.29, 1.82) is 0 Å². The van der Waals surface area contributed by atoms with Crippen LogP contribution >= 0.6 is 0 Å². The molecule has 2 aliphatic heterocycles. The average Bonchev–Trinajstić information content (AvgIpc) is 4.17. The fraction of sp³-hybridized carbons (Fsp3) is 0.738. The minimum Gasteiger partial charge on any atom is -0.367 e. The summed E-state index contributed by atoms with van der Waals surface area (Å²) in [6.07, 6.45) is 82.4. The lowest BCUT2D eigenvalue weighted by atomic mass is 9.73. The van der Waals surface area contributed by atoms with Crippen LogP contribution in [0.1, 0.15) is 199 Å². The monoisotopic (exact) mass is 841 g/mol. The zero-order chi connectivity index (χ0) is 42.0. The predicted molar refractivity (Wildman–Crippen MR) is 267 cm³/mol. The van der Waals surface area contributed by atoms with Crippen molar-refractivity contribution >= 4 is 0 Å². The molecule has 0 aromatic carbocycles. The maximum Gasteiger partial charge on any atom is 0.0765 e. The Morgan fingerprint density at radius 3 is 1.00 bits per heavy atom. The maximum absolute atomic E-state index is 5.36. The summed E-state index contributed by atoms with van der Waals surface area (Å²) in [7, 11) is 0. The van der Waals surface area contributed by atoms with Gasteiger partial charge in [0.15, 0.2) is 0 Å². The molecule has 0 spiro atoms. The van der Waals surface area contributed by atoms with E-state index in [4.69, 9.17) is 4.74 Å². The van der Waals surface area contributed by atoms with Crippen LogP contribution in [-0.4, -0.2) is 12.2 Å². The molecule has 13 aliphatic carbocycles. The SMILES string of the molecule is C1=CC2CC1C1C3CCC(C3)C21.C1=CC2CC1C1CCCC21.C1=CC2CCC1C2.C1=CC2CCC1O2.C1=CCCC1.C1=CCCCC1.C1=CCCCCC1.C1=CCCCCCC1. The highest BCUT2D eigenvalue weighted by Gasteiger charge is 2.57. The van der Waals surface area contributed by atoms with Gasteiger partial charge >= 0.3 is 0 Å². The molecule has 0 radical (unpaired) electrons. The zero-order valence-electron chi connectivity index (χ0n) is 39.6. The van der Waals surface area contributed by atoms with Crippen molar-refractivity contribution in [3.05, 3.63) is 97.2 Å². The second-order valence-corrected chi connectivity index (χ2v) is 22.3. The van der Waals surface area contributed by atoms with Gasteiger partial charge in [-0.25, -0.2) is 0 Å². The van der Waals surface area contributed by atoms with Crippen LogP contribution in [0.2, 0.25) is 0 Å². The summed E-state index contributed by atoms with van der Waals surface area (Å²) in [5.41, 5.74) is 0. The fourth-order valence-electron chi connectivity index (χ4n) is 14.8. The molecular formula is C61H92O. The first-order chi connectivity index (χ1) is 30.8. The Hall–Kier alpha value is -2.12. The summed E-state index contributed by atoms with van der Waals surface area (Å²) in [6, 6.07) is 0. The lowest BCUT2D eigenvalue weighted by Crippen LogP contribution is -2.25. The van der Waals surface area contributed by atoms with Gasteiger partial charge in [-0.05, 0) is 244 Å². The van der Waals surface area contributed by atoms with Gasteiger partial charge in [-0.3, -0.25) is 0 Å². The number of fused-ring (bicyclic) bond motifs is 18. The summed E-state index contributed by atoms with van der Waals surface area (Å²) < 4.78 is 5.36. The van der Waals surface area contributed by atoms with Crippen LogP contribution in [0.15, 0.2) is 97.2 Å². The van der Waals surface area contributed by atoms with Gasteiger partial charge in [0, 0.05) is 0 Å². The first-order valence-corrected chi connectivity index (χ1v) is 27.8. The molecule has 15 rings (SSSR count). The molecule has 0 amide bonds. The van der Waals surface area contributed by atoms with E-state index in [1.54, 1.807) is 19.3 Å². The molecule has 15 aliphatic rings. The zero-order valence-corrected chi connectivity index (χ0v) is 39.6. The van der Waals surface area contributed by atoms with E-state index in [0.29, 0.717) is 12.2 Å². The van der Waals surface area contributed by atoms with E-state index in [1.807, 2.05) is 0 Å². The molecule has 10 bridgehead atoms. The summed E-state index contributed by atoms with van der Waals surface area (Å²) in [5, 5.41) is 0. The van der Waals surface area contributed by atoms with E-state index >= 15 is 0 Å². The first-order valence-electron chi connectivity index (χ1n) is 27.8. The number of hydrogen-bond donors (Lipinski definition) is 0. The van der Waals surface area contributed by atoms with Crippen molar-refractivity contribution in [2.24, 2.45) is 71.0 Å². The van der Waals surface area contributed by atoms with Crippen LogP contribution < -0.4 is 0 Å². The standard InChI is InChI=1S/C12H16.C10H14.C8H14.C7H10.C7H12.C6H8O.C6H10.C5H8/c1-2-8-5-7(1)11-9-3-4-10(6-9)12(8)11;1-2-9-7-4-5-8(6-7)10(9)3-1;1-2-4-6-8-7-5-3-1;1-2-7-4-3-6(1)5-7;1-2-4-6-7-5-3-1;1-2-6-4-3-5(1)7-6;1-2-4-6-5-3-1;1-2-4-5-3-1/h1-2,7-12H,3-6H2;4-5,7-10H,1-3,6H2;1-2H,3-8H2;1-2,6-7H,3-5H2;1-2H,3-7H2;1-2,5-6H,3-4H2;1-2H,3-6H2;1-2H,3-5H2. The van der Waals surface area contributed by atoms with Gasteiger partial charge in [0.1, 0.15) is 0 Å². The molecule has 14 unspecified atom stereocenters. The van der Waals surface area contributed by atoms with Gasteiger partial charge in [0.2, 0.25) is 0 Å². The van der Waals surface area contributed by atoms with Gasteiger partial charge < -0.3 is 4.74 Å². The van der Waals surface area contributed by atoms with Gasteiger partial charge in [-0.2, -0.15) is 0 Å². The number of ether oxygens (including phenoxy) is 1. The van der Waals surface area contributed by atoms with Crippen LogP contribution in [0.4, 0.5) is 0 Å². The highest BCUT2D eigenvalue weighted by molar-refractivity contribution is 5.19. The van der Waals surface area contributed by atoms with Crippen molar-refractivity contribution < 1.29 is 4.74 Å². The van der Waals surface area contributed by atoms with E-state index in [2.05, 4.69) is 97.2 Å². The Bertz CT molecular complexity index is 1410. The first kappa shape index (κ1) is 46.4. The fourth-order valence-corrected chi connectivity index (χ4v) is 14.8. The molecule has 1 nitrogen and oxygen atoms in total. The predicted octanol–water partition coefficient (Wildman–Crippen LogP) is 17.8. The highest BCUT2D eigenvalue weighted by Crippen LogP contribution is 2.65. The Morgan fingerprint density at radius 2 is 0.661 bits per heavy atom. The molecular weight excluding hydrogens is 749 g/mol. The second-order valence-electron chi connectivity index (χ2n) is 22.3. The summed E-state index contributed by atoms with van der Waals surface area (Å²) in [4.78, 5) is 0. The molecule has 0 aromatic heterocycles. The van der Waals surface area contributed by atoms with Crippen molar-refractivity contribution in [1.82, 2.24) is 0 Å². The van der Waals surface area contributed by atoms with Crippen molar-refractivity contribution in [3.8, 4) is 0 Å². The van der Waals surface area contributed by atoms with Gasteiger partial charge in [0.25, 0.3) is 0 Å². The van der Waals surface area contributed by atoms with Crippen LogP contribution in [-0.2, 0) is 4.74 Å². The van der Waals surface area contributed by atoms with Gasteiger partial charge in [0.05, 0.1) is 12.2 Å². The van der Waals surface area contributed by atoms with E-state index in [9.17, 15) is 0 Å². The van der Waals surface area contributed by atoms with E-state index in [-0.39, 0.29) is 0 Å². The third-order valence-electron chi connectivity index (χ3n) is 18.0. The molecule has 6 saturated carbocycles. The lowest BCUT2D eigenvalue weighted by molar-refractivity contribution is 0.120. The maximum atomic E-state index is 5.36. The topological polar surface area (TPSA) is 9.23 Å². The largest absolute Gasteiger partial charge is 0.367 e. The van der Waals surface area contributed by atoms with Gasteiger partial charge in [-0.15, -0.1) is 0 Å².